The van der Waals surface area contributed by atoms with Gasteiger partial charge in [0, 0.05) is 0 Å². The molecule has 0 aliphatic heterocycles. The quantitative estimate of drug-likeness (QED) is 0.549. The van der Waals surface area contributed by atoms with E-state index in [1.807, 2.05) is 18.5 Å². The van der Waals surface area contributed by atoms with Crippen LogP contribution in [0.25, 0.3) is 19.6 Å². The molecule has 3 nitrogen and oxygen atoms in total. The van der Waals surface area contributed by atoms with Crippen molar-refractivity contribution in [3.63, 3.8) is 0 Å². The zero-order chi connectivity index (χ0) is 8.67. The van der Waals surface area contributed by atoms with E-state index in [0.29, 0.717) is 0 Å². The van der Waals surface area contributed by atoms with E-state index in [1.165, 1.54) is 9.78 Å². The van der Waals surface area contributed by atoms with E-state index < -0.39 is 0 Å². The Labute approximate surface area is 80.2 Å². The number of hydrogen-bond acceptors (Lipinski definition) is 3. The minimum atomic E-state index is 0.273. The number of hydrogen-bond donors (Lipinski definition) is 0. The molecule has 0 aliphatic carbocycles. The van der Waals surface area contributed by atoms with E-state index in [-0.39, 0.29) is 14.5 Å². The summed E-state index contributed by atoms with van der Waals surface area (Å²) in [5.74, 6) is 0. The van der Waals surface area contributed by atoms with Gasteiger partial charge in [0.05, 0.1) is 0 Å². The van der Waals surface area contributed by atoms with Crippen LogP contribution in [0.2, 0.25) is 0 Å². The molecular formula is C9H5N3Se. The summed E-state index contributed by atoms with van der Waals surface area (Å²) in [5, 5.41) is 2.36. The Morgan fingerprint density at radius 3 is 3.00 bits per heavy atom. The molecule has 13 heavy (non-hydrogen) atoms. The Bertz CT molecular complexity index is 523. The molecule has 0 fully saturated rings. The van der Waals surface area contributed by atoms with Crippen molar-refractivity contribution in [2.45, 2.75) is 0 Å². The van der Waals surface area contributed by atoms with Crippen LogP contribution >= 0.6 is 0 Å². The molecular weight excluding hydrogens is 229 g/mol. The molecule has 0 unspecified atom stereocenters. The summed E-state index contributed by atoms with van der Waals surface area (Å²) in [5.41, 5.74) is 0. The third kappa shape index (κ3) is 0.996. The minimum absolute atomic E-state index is 0.273. The zero-order valence-electron chi connectivity index (χ0n) is 6.64. The van der Waals surface area contributed by atoms with E-state index >= 15 is 0 Å². The summed E-state index contributed by atoms with van der Waals surface area (Å²) in [6, 6.07) is 4.04. The van der Waals surface area contributed by atoms with Gasteiger partial charge in [-0.1, -0.05) is 0 Å². The number of pyridine rings is 1. The van der Waals surface area contributed by atoms with Crippen LogP contribution in [0.1, 0.15) is 0 Å². The molecule has 0 radical (unpaired) electrons. The summed E-state index contributed by atoms with van der Waals surface area (Å²) in [6.07, 6.45) is 5.31. The van der Waals surface area contributed by atoms with Gasteiger partial charge in [-0.05, 0) is 0 Å². The van der Waals surface area contributed by atoms with Gasteiger partial charge in [0.2, 0.25) is 0 Å². The van der Waals surface area contributed by atoms with Crippen LogP contribution in [0, 0.1) is 0 Å². The van der Waals surface area contributed by atoms with Crippen LogP contribution in [0.5, 0.6) is 0 Å². The molecule has 0 aliphatic rings. The fourth-order valence-corrected chi connectivity index (χ4v) is 3.36. The maximum atomic E-state index is 4.33. The molecule has 0 bridgehead atoms. The predicted octanol–water partition coefficient (Wildman–Crippen LogP) is 1.23. The van der Waals surface area contributed by atoms with Crippen LogP contribution in [0.4, 0.5) is 0 Å². The van der Waals surface area contributed by atoms with Crippen LogP contribution in [0.3, 0.4) is 0 Å². The van der Waals surface area contributed by atoms with E-state index in [1.54, 1.807) is 6.33 Å². The maximum absolute atomic E-state index is 4.33. The summed E-state index contributed by atoms with van der Waals surface area (Å²) in [4.78, 5) is 12.6. The van der Waals surface area contributed by atoms with Gasteiger partial charge in [-0.2, -0.15) is 0 Å². The first kappa shape index (κ1) is 7.18. The predicted molar refractivity (Wildman–Crippen MR) is 51.8 cm³/mol. The summed E-state index contributed by atoms with van der Waals surface area (Å²) < 4.78 is 2.32. The molecule has 0 amide bonds. The second-order valence-corrected chi connectivity index (χ2v) is 4.75. The SMILES string of the molecule is c1cnc2[se]c3ncncc3c2c1. The molecule has 3 heterocycles. The van der Waals surface area contributed by atoms with E-state index in [4.69, 9.17) is 0 Å². The molecule has 0 aromatic carbocycles. The van der Waals surface area contributed by atoms with Crippen molar-refractivity contribution in [2.24, 2.45) is 0 Å². The monoisotopic (exact) mass is 235 g/mol. The van der Waals surface area contributed by atoms with E-state index in [2.05, 4.69) is 21.0 Å². The van der Waals surface area contributed by atoms with Crippen molar-refractivity contribution in [3.05, 3.63) is 30.9 Å². The van der Waals surface area contributed by atoms with Gasteiger partial charge >= 0.3 is 79.9 Å². The van der Waals surface area contributed by atoms with Gasteiger partial charge in [-0.25, -0.2) is 0 Å². The van der Waals surface area contributed by atoms with E-state index in [0.717, 1.165) is 9.78 Å². The Morgan fingerprint density at radius 2 is 2.00 bits per heavy atom. The molecule has 62 valence electrons. The van der Waals surface area contributed by atoms with Crippen molar-refractivity contribution in [1.29, 1.82) is 0 Å². The molecule has 3 aromatic rings. The van der Waals surface area contributed by atoms with Gasteiger partial charge in [0.15, 0.2) is 0 Å². The van der Waals surface area contributed by atoms with Gasteiger partial charge in [0.1, 0.15) is 0 Å². The Morgan fingerprint density at radius 1 is 1.08 bits per heavy atom. The Hall–Kier alpha value is -1.25. The summed E-state index contributed by atoms with van der Waals surface area (Å²) >= 11 is 0.273. The molecule has 0 atom stereocenters. The topological polar surface area (TPSA) is 38.7 Å². The first-order valence-electron chi connectivity index (χ1n) is 3.88. The van der Waals surface area contributed by atoms with Crippen LogP contribution in [-0.4, -0.2) is 29.5 Å². The normalized spacial score (nSPS) is 11.1. The zero-order valence-corrected chi connectivity index (χ0v) is 8.35. The first-order valence-corrected chi connectivity index (χ1v) is 5.60. The Balaban J connectivity index is 2.64. The fourth-order valence-electron chi connectivity index (χ4n) is 1.35. The number of rotatable bonds is 0. The second kappa shape index (κ2) is 2.62. The summed E-state index contributed by atoms with van der Waals surface area (Å²) in [6.45, 7) is 0. The molecule has 0 N–H and O–H groups in total. The third-order valence-corrected chi connectivity index (χ3v) is 4.11. The number of fused-ring (bicyclic) bond motifs is 3. The van der Waals surface area contributed by atoms with Crippen molar-refractivity contribution in [3.8, 4) is 0 Å². The summed E-state index contributed by atoms with van der Waals surface area (Å²) in [7, 11) is 0. The van der Waals surface area contributed by atoms with Crippen molar-refractivity contribution in [2.75, 3.05) is 0 Å². The van der Waals surface area contributed by atoms with Gasteiger partial charge < -0.3 is 0 Å². The average Bonchev–Trinajstić information content (AvgIpc) is 2.56. The third-order valence-electron chi connectivity index (χ3n) is 1.93. The van der Waals surface area contributed by atoms with Gasteiger partial charge in [0.25, 0.3) is 0 Å². The fraction of sp³-hybridized carbons (Fsp3) is 0. The van der Waals surface area contributed by atoms with Crippen molar-refractivity contribution >= 4 is 34.1 Å². The Kier molecular flexibility index (Phi) is 1.45. The molecule has 0 saturated carbocycles. The van der Waals surface area contributed by atoms with Crippen LogP contribution in [-0.2, 0) is 0 Å². The second-order valence-electron chi connectivity index (χ2n) is 2.70. The molecule has 0 saturated heterocycles. The van der Waals surface area contributed by atoms with Gasteiger partial charge in [-0.3, -0.25) is 0 Å². The number of aromatic nitrogens is 3. The van der Waals surface area contributed by atoms with Crippen molar-refractivity contribution in [1.82, 2.24) is 15.0 Å². The van der Waals surface area contributed by atoms with Gasteiger partial charge in [-0.15, -0.1) is 0 Å². The van der Waals surface area contributed by atoms with Crippen LogP contribution < -0.4 is 0 Å². The molecule has 3 rings (SSSR count). The molecule has 3 aromatic heterocycles. The average molecular weight is 234 g/mol. The standard InChI is InChI=1S/C9H5N3Se/c1-2-6-7-4-10-5-12-9(7)13-8(6)11-3-1/h1-5H. The van der Waals surface area contributed by atoms with Crippen LogP contribution in [0.15, 0.2) is 30.9 Å². The molecule has 0 spiro atoms. The molecule has 4 heteroatoms. The van der Waals surface area contributed by atoms with Crippen molar-refractivity contribution < 1.29 is 0 Å². The number of nitrogens with zero attached hydrogens (tertiary/aromatic N) is 3. The van der Waals surface area contributed by atoms with E-state index in [9.17, 15) is 0 Å². The first-order chi connectivity index (χ1) is 6.45.